The highest BCUT2D eigenvalue weighted by Crippen LogP contribution is 2.36. The van der Waals surface area contributed by atoms with Crippen LogP contribution >= 0.6 is 0 Å². The van der Waals surface area contributed by atoms with E-state index in [1.54, 1.807) is 12.3 Å². The lowest BCUT2D eigenvalue weighted by molar-refractivity contribution is -0.125. The summed E-state index contributed by atoms with van der Waals surface area (Å²) >= 11 is 0. The van der Waals surface area contributed by atoms with E-state index in [4.69, 9.17) is 4.74 Å². The predicted molar refractivity (Wildman–Crippen MR) is 88.3 cm³/mol. The number of carbonyl (C=O) groups excluding carboxylic acids is 1. The Bertz CT molecular complexity index is 692. The molecule has 1 saturated heterocycles. The third-order valence-electron chi connectivity index (χ3n) is 4.41. The quantitative estimate of drug-likeness (QED) is 0.946. The van der Waals surface area contributed by atoms with Crippen LogP contribution in [-0.4, -0.2) is 29.1 Å². The predicted octanol–water partition coefficient (Wildman–Crippen LogP) is 2.78. The normalized spacial score (nSPS) is 16.8. The van der Waals surface area contributed by atoms with Gasteiger partial charge in [0.2, 0.25) is 11.9 Å². The van der Waals surface area contributed by atoms with Crippen LogP contribution in [0.2, 0.25) is 0 Å². The molecular weight excluding hydrogens is 290 g/mol. The molecule has 1 aromatic heterocycles. The fraction of sp³-hybridized carbons (Fsp3) is 0.389. The Kier molecular flexibility index (Phi) is 4.39. The van der Waals surface area contributed by atoms with Gasteiger partial charge in [-0.25, -0.2) is 9.97 Å². The molecule has 1 amide bonds. The Balaban J connectivity index is 1.92. The van der Waals surface area contributed by atoms with Gasteiger partial charge in [0.15, 0.2) is 0 Å². The molecule has 1 N–H and O–H groups in total. The lowest BCUT2D eigenvalue weighted by Crippen LogP contribution is -2.45. The van der Waals surface area contributed by atoms with Gasteiger partial charge in [-0.15, -0.1) is 0 Å². The van der Waals surface area contributed by atoms with Crippen molar-refractivity contribution >= 4 is 11.9 Å². The molecule has 1 aromatic carbocycles. The van der Waals surface area contributed by atoms with Crippen LogP contribution in [-0.2, 0) is 14.9 Å². The number of anilines is 1. The van der Waals surface area contributed by atoms with E-state index in [9.17, 15) is 4.79 Å². The number of hydrogen-bond acceptors (Lipinski definition) is 4. The van der Waals surface area contributed by atoms with Gasteiger partial charge in [0.05, 0.1) is 5.41 Å². The maximum Gasteiger partial charge on any atom is 0.237 e. The molecule has 0 saturated carbocycles. The van der Waals surface area contributed by atoms with Crippen molar-refractivity contribution in [3.63, 3.8) is 0 Å². The van der Waals surface area contributed by atoms with E-state index in [0.29, 0.717) is 32.0 Å². The first kappa shape index (κ1) is 15.6. The first-order chi connectivity index (χ1) is 11.1. The second kappa shape index (κ2) is 6.46. The first-order valence-electron chi connectivity index (χ1n) is 7.86. The second-order valence-corrected chi connectivity index (χ2v) is 6.04. The summed E-state index contributed by atoms with van der Waals surface area (Å²) in [4.78, 5) is 21.5. The molecule has 0 unspecified atom stereocenters. The smallest absolute Gasteiger partial charge is 0.237 e. The summed E-state index contributed by atoms with van der Waals surface area (Å²) in [7, 11) is 0. The van der Waals surface area contributed by atoms with Crippen molar-refractivity contribution in [2.75, 3.05) is 18.5 Å². The molecule has 1 fully saturated rings. The summed E-state index contributed by atoms with van der Waals surface area (Å²) in [5.74, 6) is 0.295. The largest absolute Gasteiger partial charge is 0.381 e. The van der Waals surface area contributed by atoms with Crippen molar-refractivity contribution in [1.29, 1.82) is 0 Å². The summed E-state index contributed by atoms with van der Waals surface area (Å²) in [6.07, 6.45) is 2.97. The summed E-state index contributed by atoms with van der Waals surface area (Å²) in [5, 5.41) is 2.89. The average Bonchev–Trinajstić information content (AvgIpc) is 2.56. The van der Waals surface area contributed by atoms with E-state index in [2.05, 4.69) is 15.3 Å². The van der Waals surface area contributed by atoms with Gasteiger partial charge < -0.3 is 4.74 Å². The molecule has 0 atom stereocenters. The molecule has 5 heteroatoms. The number of hydrogen-bond donors (Lipinski definition) is 1. The lowest BCUT2D eigenvalue weighted by Gasteiger charge is -2.36. The van der Waals surface area contributed by atoms with Gasteiger partial charge in [-0.05, 0) is 38.3 Å². The van der Waals surface area contributed by atoms with Crippen molar-refractivity contribution in [3.8, 4) is 0 Å². The first-order valence-corrected chi connectivity index (χ1v) is 7.86. The van der Waals surface area contributed by atoms with Crippen LogP contribution in [0.3, 0.4) is 0 Å². The molecule has 2 aromatic rings. The van der Waals surface area contributed by atoms with E-state index in [1.165, 1.54) is 5.56 Å². The van der Waals surface area contributed by atoms with E-state index in [1.807, 2.05) is 38.1 Å². The van der Waals surface area contributed by atoms with Crippen LogP contribution in [0.25, 0.3) is 0 Å². The van der Waals surface area contributed by atoms with Crippen molar-refractivity contribution in [2.45, 2.75) is 32.1 Å². The molecular formula is C18H21N3O2. The molecule has 120 valence electrons. The number of nitrogens with one attached hydrogen (secondary N) is 1. The van der Waals surface area contributed by atoms with Crippen molar-refractivity contribution in [3.05, 3.63) is 53.3 Å². The molecule has 2 heterocycles. The fourth-order valence-corrected chi connectivity index (χ4v) is 2.97. The van der Waals surface area contributed by atoms with Gasteiger partial charge in [-0.3, -0.25) is 10.1 Å². The van der Waals surface area contributed by atoms with Gasteiger partial charge in [-0.2, -0.15) is 0 Å². The molecule has 0 radical (unpaired) electrons. The topological polar surface area (TPSA) is 64.1 Å². The zero-order chi connectivity index (χ0) is 16.3. The van der Waals surface area contributed by atoms with Crippen molar-refractivity contribution < 1.29 is 9.53 Å². The third-order valence-corrected chi connectivity index (χ3v) is 4.41. The van der Waals surface area contributed by atoms with Crippen LogP contribution < -0.4 is 5.32 Å². The lowest BCUT2D eigenvalue weighted by atomic mass is 9.73. The van der Waals surface area contributed by atoms with Crippen LogP contribution in [0, 0.1) is 13.8 Å². The number of aromatic nitrogens is 2. The zero-order valence-electron chi connectivity index (χ0n) is 13.5. The van der Waals surface area contributed by atoms with E-state index in [-0.39, 0.29) is 5.91 Å². The molecule has 0 bridgehead atoms. The molecule has 5 nitrogen and oxygen atoms in total. The van der Waals surface area contributed by atoms with Gasteiger partial charge in [0.25, 0.3) is 0 Å². The molecule has 3 rings (SSSR count). The minimum atomic E-state index is -0.584. The summed E-state index contributed by atoms with van der Waals surface area (Å²) in [6.45, 7) is 5.08. The van der Waals surface area contributed by atoms with Crippen LogP contribution in [0.5, 0.6) is 0 Å². The number of amides is 1. The van der Waals surface area contributed by atoms with E-state index < -0.39 is 5.41 Å². The van der Waals surface area contributed by atoms with Gasteiger partial charge in [0.1, 0.15) is 0 Å². The Morgan fingerprint density at radius 3 is 2.48 bits per heavy atom. The molecule has 0 spiro atoms. The monoisotopic (exact) mass is 311 g/mol. The average molecular weight is 311 g/mol. The maximum absolute atomic E-state index is 13.0. The van der Waals surface area contributed by atoms with Crippen molar-refractivity contribution in [2.24, 2.45) is 0 Å². The van der Waals surface area contributed by atoms with Crippen LogP contribution in [0.4, 0.5) is 5.95 Å². The molecule has 1 aliphatic rings. The summed E-state index contributed by atoms with van der Waals surface area (Å²) in [6, 6.07) is 9.97. The number of benzene rings is 1. The highest BCUT2D eigenvalue weighted by Gasteiger charge is 2.42. The standard InChI is InChI=1S/C18H21N3O2/c1-13-3-5-15(6-4-13)18(8-11-23-12-9-18)16(22)21-17-19-10-7-14(2)20-17/h3-7,10H,8-9,11-12H2,1-2H3,(H,19,20,21,22). The third kappa shape index (κ3) is 3.24. The Labute approximate surface area is 136 Å². The maximum atomic E-state index is 13.0. The SMILES string of the molecule is Cc1ccc(C2(C(=O)Nc3nccc(C)n3)CCOCC2)cc1. The minimum Gasteiger partial charge on any atom is -0.381 e. The highest BCUT2D eigenvalue weighted by molar-refractivity contribution is 5.98. The van der Waals surface area contributed by atoms with Gasteiger partial charge in [-0.1, -0.05) is 29.8 Å². The van der Waals surface area contributed by atoms with Crippen LogP contribution in [0.1, 0.15) is 29.7 Å². The second-order valence-electron chi connectivity index (χ2n) is 6.04. The number of carbonyl (C=O) groups is 1. The molecule has 0 aliphatic carbocycles. The number of nitrogens with zero attached hydrogens (tertiary/aromatic N) is 2. The van der Waals surface area contributed by atoms with Crippen molar-refractivity contribution in [1.82, 2.24) is 9.97 Å². The zero-order valence-corrected chi connectivity index (χ0v) is 13.5. The van der Waals surface area contributed by atoms with Gasteiger partial charge in [0, 0.05) is 25.1 Å². The van der Waals surface area contributed by atoms with Gasteiger partial charge >= 0.3 is 0 Å². The minimum absolute atomic E-state index is 0.0600. The number of ether oxygens (including phenoxy) is 1. The fourth-order valence-electron chi connectivity index (χ4n) is 2.97. The van der Waals surface area contributed by atoms with E-state index >= 15 is 0 Å². The summed E-state index contributed by atoms with van der Waals surface area (Å²) in [5.41, 5.74) is 2.44. The Morgan fingerprint density at radius 2 is 1.83 bits per heavy atom. The van der Waals surface area contributed by atoms with Crippen LogP contribution in [0.15, 0.2) is 36.5 Å². The molecule has 1 aliphatic heterocycles. The number of aryl methyl sites for hydroxylation is 2. The number of rotatable bonds is 3. The molecule has 23 heavy (non-hydrogen) atoms. The Morgan fingerprint density at radius 1 is 1.13 bits per heavy atom. The highest BCUT2D eigenvalue weighted by atomic mass is 16.5. The Hall–Kier alpha value is -2.27. The summed E-state index contributed by atoms with van der Waals surface area (Å²) < 4.78 is 5.48. The van der Waals surface area contributed by atoms with E-state index in [0.717, 1.165) is 11.3 Å².